The number of phenols is 1. The smallest absolute Gasteiger partial charge is 0.342 e. The minimum atomic E-state index is -0.793. The summed E-state index contributed by atoms with van der Waals surface area (Å²) in [6.45, 7) is 5.95. The van der Waals surface area contributed by atoms with Gasteiger partial charge in [0, 0.05) is 12.5 Å². The quantitative estimate of drug-likeness (QED) is 0.409. The number of aromatic hydroxyl groups is 1. The summed E-state index contributed by atoms with van der Waals surface area (Å²) in [6.07, 6.45) is 6.97. The highest BCUT2D eigenvalue weighted by molar-refractivity contribution is 5.97. The van der Waals surface area contributed by atoms with E-state index in [1.807, 2.05) is 56.3 Å². The molecule has 8 nitrogen and oxygen atoms in total. The van der Waals surface area contributed by atoms with E-state index in [1.165, 1.54) is 13.2 Å². The third kappa shape index (κ3) is 6.75. The lowest BCUT2D eigenvalue weighted by molar-refractivity contribution is -0.156. The largest absolute Gasteiger partial charge is 0.507 e. The third-order valence-electron chi connectivity index (χ3n) is 6.48. The van der Waals surface area contributed by atoms with Gasteiger partial charge in [0.15, 0.2) is 5.79 Å². The van der Waals surface area contributed by atoms with Gasteiger partial charge in [-0.15, -0.1) is 0 Å². The molecule has 4 atom stereocenters. The molecular weight excluding hydrogens is 488 g/mol. The van der Waals surface area contributed by atoms with E-state index in [0.29, 0.717) is 30.8 Å². The van der Waals surface area contributed by atoms with Gasteiger partial charge in [0.2, 0.25) is 0 Å². The lowest BCUT2D eigenvalue weighted by Crippen LogP contribution is -2.36. The van der Waals surface area contributed by atoms with Gasteiger partial charge >= 0.3 is 5.97 Å². The maximum absolute atomic E-state index is 13.0. The molecule has 2 aliphatic heterocycles. The van der Waals surface area contributed by atoms with E-state index in [2.05, 4.69) is 0 Å². The summed E-state index contributed by atoms with van der Waals surface area (Å²) in [5.41, 5.74) is 1.59. The second-order valence-electron chi connectivity index (χ2n) is 9.89. The van der Waals surface area contributed by atoms with Crippen LogP contribution in [0.5, 0.6) is 17.2 Å². The summed E-state index contributed by atoms with van der Waals surface area (Å²) in [4.78, 5) is 13.0. The van der Waals surface area contributed by atoms with Gasteiger partial charge in [0.25, 0.3) is 0 Å². The zero-order valence-corrected chi connectivity index (χ0v) is 22.5. The van der Waals surface area contributed by atoms with Crippen molar-refractivity contribution in [2.45, 2.75) is 70.4 Å². The number of carbonyl (C=O) groups excluding carboxylic acids is 1. The summed E-state index contributed by atoms with van der Waals surface area (Å²) < 4.78 is 35.1. The SMILES string of the molecule is COc1ccc(COC2/C=C\C[C@H](C)OC(=O)c3c(O)cc(OC)cc3/C=C/C[C@@H]3OC(C)(C)O[C@@H]23)cc1. The van der Waals surface area contributed by atoms with Crippen LogP contribution in [0.4, 0.5) is 0 Å². The van der Waals surface area contributed by atoms with Gasteiger partial charge in [0.05, 0.1) is 26.9 Å². The molecule has 0 aliphatic carbocycles. The van der Waals surface area contributed by atoms with E-state index in [1.54, 1.807) is 26.2 Å². The lowest BCUT2D eigenvalue weighted by Gasteiger charge is -2.25. The highest BCUT2D eigenvalue weighted by Crippen LogP contribution is 2.35. The molecular formula is C30H36O8. The molecule has 0 saturated carbocycles. The van der Waals surface area contributed by atoms with E-state index in [4.69, 9.17) is 28.4 Å². The first kappa shape index (κ1) is 27.7. The maximum atomic E-state index is 13.0. The van der Waals surface area contributed by atoms with Crippen LogP contribution in [0, 0.1) is 0 Å². The number of benzene rings is 2. The normalized spacial score (nSPS) is 26.8. The van der Waals surface area contributed by atoms with Gasteiger partial charge in [-0.1, -0.05) is 36.4 Å². The first-order chi connectivity index (χ1) is 18.2. The fourth-order valence-corrected chi connectivity index (χ4v) is 4.61. The Hall–Kier alpha value is -3.33. The molecule has 1 unspecified atom stereocenters. The van der Waals surface area contributed by atoms with Crippen molar-refractivity contribution in [3.63, 3.8) is 0 Å². The summed E-state index contributed by atoms with van der Waals surface area (Å²) in [6, 6.07) is 10.8. The highest BCUT2D eigenvalue weighted by Gasteiger charge is 2.44. The van der Waals surface area contributed by atoms with Crippen molar-refractivity contribution in [1.82, 2.24) is 0 Å². The number of rotatable bonds is 5. The Balaban J connectivity index is 1.63. The number of esters is 1. The van der Waals surface area contributed by atoms with Crippen molar-refractivity contribution in [3.05, 3.63) is 71.3 Å². The van der Waals surface area contributed by atoms with Crippen LogP contribution in [0.1, 0.15) is 55.1 Å². The van der Waals surface area contributed by atoms with Crippen molar-refractivity contribution >= 4 is 12.0 Å². The van der Waals surface area contributed by atoms with Crippen LogP contribution in [-0.4, -0.2) is 55.5 Å². The van der Waals surface area contributed by atoms with E-state index < -0.39 is 24.0 Å². The number of cyclic esters (lactones) is 1. The number of hydrogen-bond donors (Lipinski definition) is 1. The van der Waals surface area contributed by atoms with Gasteiger partial charge in [-0.2, -0.15) is 0 Å². The molecule has 204 valence electrons. The molecule has 0 spiro atoms. The molecule has 4 rings (SSSR count). The summed E-state index contributed by atoms with van der Waals surface area (Å²) >= 11 is 0. The fraction of sp³-hybridized carbons (Fsp3) is 0.433. The molecule has 2 aliphatic rings. The average Bonchev–Trinajstić information content (AvgIpc) is 3.19. The van der Waals surface area contributed by atoms with Crippen LogP contribution in [0.15, 0.2) is 54.6 Å². The Labute approximate surface area is 223 Å². The van der Waals surface area contributed by atoms with Crippen molar-refractivity contribution in [2.75, 3.05) is 14.2 Å². The minimum Gasteiger partial charge on any atom is -0.507 e. The van der Waals surface area contributed by atoms with Crippen LogP contribution in [-0.2, 0) is 25.6 Å². The number of ether oxygens (including phenoxy) is 6. The third-order valence-corrected chi connectivity index (χ3v) is 6.48. The Morgan fingerprint density at radius 2 is 1.74 bits per heavy atom. The molecule has 0 bridgehead atoms. The monoisotopic (exact) mass is 524 g/mol. The van der Waals surface area contributed by atoms with Gasteiger partial charge in [0.1, 0.15) is 41.1 Å². The fourth-order valence-electron chi connectivity index (χ4n) is 4.61. The Kier molecular flexibility index (Phi) is 8.76. The minimum absolute atomic E-state index is 0.0936. The number of hydrogen-bond acceptors (Lipinski definition) is 8. The summed E-state index contributed by atoms with van der Waals surface area (Å²) in [5, 5.41) is 10.6. The Morgan fingerprint density at radius 1 is 1.00 bits per heavy atom. The first-order valence-corrected chi connectivity index (χ1v) is 12.7. The number of carbonyl (C=O) groups is 1. The molecule has 1 fully saturated rings. The molecule has 2 aromatic carbocycles. The van der Waals surface area contributed by atoms with Crippen LogP contribution < -0.4 is 9.47 Å². The Morgan fingerprint density at radius 3 is 2.45 bits per heavy atom. The first-order valence-electron chi connectivity index (χ1n) is 12.7. The maximum Gasteiger partial charge on any atom is 0.342 e. The standard InChI is InChI=1S/C30H36O8/c1-19-8-6-10-25(35-18-20-12-14-22(33-4)15-13-20)28-26(37-30(2,3)38-28)11-7-9-21-16-23(34-5)17-24(31)27(21)29(32)36-19/h6-7,9-10,12-17,19,25-26,28,31H,8,11,18H2,1-5H3/b9-7+,10-6-/t19-,25?,26-,28-/m0/s1. The molecule has 2 heterocycles. The molecule has 8 heteroatoms. The average molecular weight is 525 g/mol. The van der Waals surface area contributed by atoms with E-state index in [9.17, 15) is 9.90 Å². The molecule has 0 aromatic heterocycles. The van der Waals surface area contributed by atoms with Crippen molar-refractivity contribution < 1.29 is 38.3 Å². The topological polar surface area (TPSA) is 92.7 Å². The predicted molar refractivity (Wildman–Crippen MR) is 142 cm³/mol. The molecule has 38 heavy (non-hydrogen) atoms. The number of fused-ring (bicyclic) bond motifs is 2. The van der Waals surface area contributed by atoms with Crippen molar-refractivity contribution in [1.29, 1.82) is 0 Å². The van der Waals surface area contributed by atoms with Gasteiger partial charge in [-0.05, 0) is 56.5 Å². The molecule has 1 saturated heterocycles. The van der Waals surface area contributed by atoms with Gasteiger partial charge in [-0.3, -0.25) is 0 Å². The number of methoxy groups -OCH3 is 2. The molecule has 1 N–H and O–H groups in total. The zero-order valence-electron chi connectivity index (χ0n) is 22.5. The summed E-state index contributed by atoms with van der Waals surface area (Å²) in [5.74, 6) is -0.380. The van der Waals surface area contributed by atoms with Crippen LogP contribution in [0.2, 0.25) is 0 Å². The van der Waals surface area contributed by atoms with Gasteiger partial charge < -0.3 is 33.5 Å². The van der Waals surface area contributed by atoms with Crippen LogP contribution >= 0.6 is 0 Å². The summed E-state index contributed by atoms with van der Waals surface area (Å²) in [7, 11) is 3.14. The van der Waals surface area contributed by atoms with Gasteiger partial charge in [-0.25, -0.2) is 4.79 Å². The molecule has 0 amide bonds. The zero-order chi connectivity index (χ0) is 27.3. The molecule has 0 radical (unpaired) electrons. The second-order valence-corrected chi connectivity index (χ2v) is 9.89. The lowest BCUT2D eigenvalue weighted by atomic mass is 10.0. The number of phenolic OH excluding ortho intramolecular Hbond substituents is 1. The Bertz CT molecular complexity index is 1170. The van der Waals surface area contributed by atoms with Crippen molar-refractivity contribution in [2.24, 2.45) is 0 Å². The molecule has 2 aromatic rings. The van der Waals surface area contributed by atoms with Crippen molar-refractivity contribution in [3.8, 4) is 17.2 Å². The van der Waals surface area contributed by atoms with Crippen LogP contribution in [0.3, 0.4) is 0 Å². The van der Waals surface area contributed by atoms with Crippen LogP contribution in [0.25, 0.3) is 6.08 Å². The highest BCUT2D eigenvalue weighted by atomic mass is 16.8. The predicted octanol–water partition coefficient (Wildman–Crippen LogP) is 5.42. The second kappa shape index (κ2) is 12.0. The van der Waals surface area contributed by atoms with E-state index in [0.717, 1.165) is 11.3 Å². The van der Waals surface area contributed by atoms with E-state index in [-0.39, 0.29) is 23.5 Å². The van der Waals surface area contributed by atoms with E-state index >= 15 is 0 Å².